The molecule has 1 heterocycles. The average molecular weight is 312 g/mol. The molecule has 0 aromatic rings. The fraction of sp³-hybridized carbons (Fsp3) is 0.875. The first kappa shape index (κ1) is 16.7. The van der Waals surface area contributed by atoms with Crippen LogP contribution in [0.4, 0.5) is 0 Å². The van der Waals surface area contributed by atoms with Crippen LogP contribution in [0.25, 0.3) is 0 Å². The molecule has 1 saturated carbocycles. The second-order valence-electron chi connectivity index (χ2n) is 6.75. The van der Waals surface area contributed by atoms with Crippen LogP contribution < -0.4 is 5.32 Å². The molecule has 1 aliphatic heterocycles. The Morgan fingerprint density at radius 3 is 2.48 bits per heavy atom. The third kappa shape index (κ3) is 3.22. The van der Waals surface area contributed by atoms with Crippen LogP contribution in [0.15, 0.2) is 0 Å². The van der Waals surface area contributed by atoms with Gasteiger partial charge in [-0.15, -0.1) is 0 Å². The number of hydrogen-bond acceptors (Lipinski definition) is 3. The van der Waals surface area contributed by atoms with Crippen molar-refractivity contribution in [3.05, 3.63) is 0 Å². The van der Waals surface area contributed by atoms with Gasteiger partial charge in [0.15, 0.2) is 0 Å². The molecule has 0 spiro atoms. The van der Waals surface area contributed by atoms with Gasteiger partial charge in [0.05, 0.1) is 0 Å². The Labute approximate surface area is 132 Å². The number of hydrogen-bond donors (Lipinski definition) is 1. The Morgan fingerprint density at radius 2 is 2.05 bits per heavy atom. The minimum Gasteiger partial charge on any atom is -0.342 e. The molecule has 2 aliphatic rings. The second kappa shape index (κ2) is 6.59. The normalized spacial score (nSPS) is 28.5. The lowest BCUT2D eigenvalue weighted by Gasteiger charge is -2.49. The highest BCUT2D eigenvalue weighted by Gasteiger charge is 2.47. The van der Waals surface area contributed by atoms with Crippen LogP contribution in [0.3, 0.4) is 0 Å². The van der Waals surface area contributed by atoms with E-state index >= 15 is 0 Å². The molecule has 1 N–H and O–H groups in total. The maximum atomic E-state index is 12.8. The van der Waals surface area contributed by atoms with E-state index in [2.05, 4.69) is 11.6 Å². The fourth-order valence-corrected chi connectivity index (χ4v) is 4.39. The third-order valence-electron chi connectivity index (χ3n) is 4.87. The van der Waals surface area contributed by atoms with Crippen molar-refractivity contribution in [2.45, 2.75) is 69.7 Å². The monoisotopic (exact) mass is 312 g/mol. The van der Waals surface area contributed by atoms with E-state index in [1.807, 2.05) is 37.4 Å². The molecule has 5 heteroatoms. The first-order valence-electron chi connectivity index (χ1n) is 8.10. The van der Waals surface area contributed by atoms with Crippen molar-refractivity contribution in [1.82, 2.24) is 10.2 Å². The maximum Gasteiger partial charge on any atom is 0.245 e. The number of rotatable bonds is 6. The van der Waals surface area contributed by atoms with Gasteiger partial charge in [0, 0.05) is 11.3 Å². The topological polar surface area (TPSA) is 49.4 Å². The molecule has 1 aliphatic carbocycles. The van der Waals surface area contributed by atoms with Gasteiger partial charge in [-0.2, -0.15) is 11.8 Å². The lowest BCUT2D eigenvalue weighted by molar-refractivity contribution is -0.152. The lowest BCUT2D eigenvalue weighted by atomic mass is 9.82. The molecule has 0 bridgehead atoms. The van der Waals surface area contributed by atoms with Crippen molar-refractivity contribution in [3.63, 3.8) is 0 Å². The van der Waals surface area contributed by atoms with Gasteiger partial charge in [0.25, 0.3) is 0 Å². The van der Waals surface area contributed by atoms with Crippen LogP contribution in [0.5, 0.6) is 0 Å². The maximum absolute atomic E-state index is 12.8. The number of nitrogens with one attached hydrogen (secondary N) is 1. The van der Waals surface area contributed by atoms with E-state index < -0.39 is 0 Å². The molecule has 21 heavy (non-hydrogen) atoms. The molecule has 2 amide bonds. The lowest BCUT2D eigenvalue weighted by Crippen LogP contribution is -2.67. The van der Waals surface area contributed by atoms with Gasteiger partial charge in [-0.3, -0.25) is 9.59 Å². The molecule has 120 valence electrons. The molecule has 2 rings (SSSR count). The minimum absolute atomic E-state index is 0.0265. The highest BCUT2D eigenvalue weighted by Crippen LogP contribution is 2.44. The molecular weight excluding hydrogens is 284 g/mol. The average Bonchev–Trinajstić information content (AvgIpc) is 2.38. The summed E-state index contributed by atoms with van der Waals surface area (Å²) in [6.45, 7) is 6.82. The zero-order valence-corrected chi connectivity index (χ0v) is 14.5. The summed E-state index contributed by atoms with van der Waals surface area (Å²) in [4.78, 5) is 27.1. The molecule has 2 fully saturated rings. The summed E-state index contributed by atoms with van der Waals surface area (Å²) >= 11 is 1.86. The molecule has 0 aromatic carbocycles. The Bertz CT molecular complexity index is 402. The summed E-state index contributed by atoms with van der Waals surface area (Å²) in [7, 11) is 0. The van der Waals surface area contributed by atoms with Crippen LogP contribution in [-0.4, -0.2) is 46.3 Å². The standard InChI is InChI=1S/C16H28N2O2S/c1-5-7-12-15(20)18(10-16(21-4)8-6-9-16)13(11(2)3)14(19)17-12/h11-13H,5-10H2,1-4H3,(H,17,19). The van der Waals surface area contributed by atoms with Crippen molar-refractivity contribution < 1.29 is 9.59 Å². The van der Waals surface area contributed by atoms with Crippen LogP contribution in [0.2, 0.25) is 0 Å². The summed E-state index contributed by atoms with van der Waals surface area (Å²) in [6, 6.07) is -0.633. The Balaban J connectivity index is 2.21. The first-order valence-corrected chi connectivity index (χ1v) is 9.32. The van der Waals surface area contributed by atoms with Gasteiger partial charge >= 0.3 is 0 Å². The fourth-order valence-electron chi connectivity index (χ4n) is 3.43. The van der Waals surface area contributed by atoms with Crippen molar-refractivity contribution in [2.24, 2.45) is 5.92 Å². The van der Waals surface area contributed by atoms with Gasteiger partial charge in [-0.1, -0.05) is 33.6 Å². The largest absolute Gasteiger partial charge is 0.342 e. The van der Waals surface area contributed by atoms with E-state index in [-0.39, 0.29) is 34.6 Å². The van der Waals surface area contributed by atoms with E-state index in [9.17, 15) is 9.59 Å². The van der Waals surface area contributed by atoms with Gasteiger partial charge < -0.3 is 10.2 Å². The van der Waals surface area contributed by atoms with E-state index in [0.29, 0.717) is 0 Å². The summed E-state index contributed by atoms with van der Waals surface area (Å²) < 4.78 is 0.178. The molecular formula is C16H28N2O2S. The smallest absolute Gasteiger partial charge is 0.245 e. The zero-order valence-electron chi connectivity index (χ0n) is 13.6. The number of thioether (sulfide) groups is 1. The van der Waals surface area contributed by atoms with E-state index in [1.165, 1.54) is 6.42 Å². The number of piperazine rings is 1. The Hall–Kier alpha value is -0.710. The third-order valence-corrected chi connectivity index (χ3v) is 6.27. The van der Waals surface area contributed by atoms with Crippen molar-refractivity contribution in [2.75, 3.05) is 12.8 Å². The molecule has 4 nitrogen and oxygen atoms in total. The summed E-state index contributed by atoms with van der Waals surface area (Å²) in [5.41, 5.74) is 0. The number of nitrogens with zero attached hydrogens (tertiary/aromatic N) is 1. The zero-order chi connectivity index (χ0) is 15.6. The highest BCUT2D eigenvalue weighted by atomic mass is 32.2. The minimum atomic E-state index is -0.323. The quantitative estimate of drug-likeness (QED) is 0.819. The molecule has 0 aromatic heterocycles. The van der Waals surface area contributed by atoms with E-state index in [1.54, 1.807) is 0 Å². The molecule has 0 radical (unpaired) electrons. The predicted molar refractivity (Wildman–Crippen MR) is 87.3 cm³/mol. The van der Waals surface area contributed by atoms with Crippen molar-refractivity contribution in [1.29, 1.82) is 0 Å². The van der Waals surface area contributed by atoms with Crippen molar-refractivity contribution in [3.8, 4) is 0 Å². The van der Waals surface area contributed by atoms with Crippen LogP contribution in [0.1, 0.15) is 52.9 Å². The van der Waals surface area contributed by atoms with Crippen LogP contribution >= 0.6 is 11.8 Å². The summed E-state index contributed by atoms with van der Waals surface area (Å²) in [5.74, 6) is 0.296. The molecule has 1 saturated heterocycles. The van der Waals surface area contributed by atoms with Gasteiger partial charge in [-0.25, -0.2) is 0 Å². The van der Waals surface area contributed by atoms with Gasteiger partial charge in [0.1, 0.15) is 12.1 Å². The SMILES string of the molecule is CCCC1NC(=O)C(C(C)C)N(CC2(SC)CCC2)C1=O. The van der Waals surface area contributed by atoms with Crippen molar-refractivity contribution >= 4 is 23.6 Å². The number of amides is 2. The molecule has 2 unspecified atom stereocenters. The van der Waals surface area contributed by atoms with Gasteiger partial charge in [0.2, 0.25) is 11.8 Å². The van der Waals surface area contributed by atoms with E-state index in [4.69, 9.17) is 0 Å². The Kier molecular flexibility index (Phi) is 5.23. The van der Waals surface area contributed by atoms with Crippen LogP contribution in [-0.2, 0) is 9.59 Å². The Morgan fingerprint density at radius 1 is 1.38 bits per heavy atom. The summed E-state index contributed by atoms with van der Waals surface area (Å²) in [6.07, 6.45) is 7.32. The predicted octanol–water partition coefficient (Wildman–Crippen LogP) is 2.42. The van der Waals surface area contributed by atoms with Gasteiger partial charge in [-0.05, 0) is 31.4 Å². The first-order chi connectivity index (χ1) is 9.94. The second-order valence-corrected chi connectivity index (χ2v) is 8.02. The number of carbonyl (C=O) groups is 2. The molecule has 2 atom stereocenters. The highest BCUT2D eigenvalue weighted by molar-refractivity contribution is 8.00. The van der Waals surface area contributed by atoms with Crippen LogP contribution in [0, 0.1) is 5.92 Å². The summed E-state index contributed by atoms with van der Waals surface area (Å²) in [5, 5.41) is 2.93. The van der Waals surface area contributed by atoms with E-state index in [0.717, 1.165) is 32.2 Å². The number of carbonyl (C=O) groups excluding carboxylic acids is 2.